The van der Waals surface area contributed by atoms with Gasteiger partial charge in [0.1, 0.15) is 0 Å². The molecule has 0 aliphatic heterocycles. The molecule has 1 aromatic heterocycles. The third kappa shape index (κ3) is 3.67. The van der Waals surface area contributed by atoms with Crippen molar-refractivity contribution in [3.05, 3.63) is 48.3 Å². The Morgan fingerprint density at radius 3 is 2.82 bits per heavy atom. The molecule has 3 rings (SSSR count). The standard InChI is InChI=1S/C16H20N4O.ClH/c17-14-7-6-12(10-14)16(21)18-11-13-4-1-2-5-15(13)20-9-3-8-19-20;/h1-5,8-9,12,14H,6-7,10-11,17H2,(H,18,21);1H. The molecule has 0 saturated heterocycles. The smallest absolute Gasteiger partial charge is 0.223 e. The molecule has 2 atom stereocenters. The molecule has 3 N–H and O–H groups in total. The number of nitrogens with two attached hydrogens (primary N) is 1. The number of rotatable bonds is 4. The molecule has 0 spiro atoms. The van der Waals surface area contributed by atoms with Gasteiger partial charge in [-0.25, -0.2) is 4.68 Å². The molecule has 5 nitrogen and oxygen atoms in total. The number of hydrogen-bond donors (Lipinski definition) is 2. The topological polar surface area (TPSA) is 72.9 Å². The number of benzene rings is 1. The molecule has 118 valence electrons. The summed E-state index contributed by atoms with van der Waals surface area (Å²) in [6, 6.07) is 10.0. The average Bonchev–Trinajstić information content (AvgIpc) is 3.16. The van der Waals surface area contributed by atoms with E-state index in [2.05, 4.69) is 10.4 Å². The van der Waals surface area contributed by atoms with Crippen LogP contribution in [-0.2, 0) is 11.3 Å². The van der Waals surface area contributed by atoms with Crippen LogP contribution in [0.4, 0.5) is 0 Å². The number of aromatic nitrogens is 2. The van der Waals surface area contributed by atoms with E-state index in [1.54, 1.807) is 6.20 Å². The first-order valence-corrected chi connectivity index (χ1v) is 7.35. The Labute approximate surface area is 136 Å². The summed E-state index contributed by atoms with van der Waals surface area (Å²) in [6.07, 6.45) is 6.29. The molecular formula is C16H21ClN4O. The van der Waals surface area contributed by atoms with Gasteiger partial charge < -0.3 is 11.1 Å². The zero-order valence-electron chi connectivity index (χ0n) is 12.3. The summed E-state index contributed by atoms with van der Waals surface area (Å²) in [4.78, 5) is 12.2. The van der Waals surface area contributed by atoms with Crippen molar-refractivity contribution in [2.75, 3.05) is 0 Å². The summed E-state index contributed by atoms with van der Waals surface area (Å²) in [5, 5.41) is 7.28. The van der Waals surface area contributed by atoms with Crippen LogP contribution in [0.5, 0.6) is 0 Å². The van der Waals surface area contributed by atoms with Gasteiger partial charge in [-0.2, -0.15) is 5.10 Å². The Balaban J connectivity index is 0.00000176. The predicted molar refractivity (Wildman–Crippen MR) is 88.0 cm³/mol. The fourth-order valence-corrected chi connectivity index (χ4v) is 2.88. The van der Waals surface area contributed by atoms with Gasteiger partial charge in [0.2, 0.25) is 5.91 Å². The fraction of sp³-hybridized carbons (Fsp3) is 0.375. The van der Waals surface area contributed by atoms with Crippen LogP contribution < -0.4 is 11.1 Å². The number of carbonyl (C=O) groups is 1. The van der Waals surface area contributed by atoms with Gasteiger partial charge in [-0.15, -0.1) is 12.4 Å². The van der Waals surface area contributed by atoms with E-state index in [0.717, 1.165) is 30.5 Å². The van der Waals surface area contributed by atoms with Gasteiger partial charge in [-0.3, -0.25) is 4.79 Å². The second kappa shape index (κ2) is 7.42. The van der Waals surface area contributed by atoms with Crippen LogP contribution in [0.25, 0.3) is 5.69 Å². The highest BCUT2D eigenvalue weighted by Gasteiger charge is 2.27. The first-order valence-electron chi connectivity index (χ1n) is 7.35. The van der Waals surface area contributed by atoms with Crippen LogP contribution in [0.2, 0.25) is 0 Å². The van der Waals surface area contributed by atoms with Crippen molar-refractivity contribution in [2.24, 2.45) is 11.7 Å². The van der Waals surface area contributed by atoms with E-state index >= 15 is 0 Å². The summed E-state index contributed by atoms with van der Waals surface area (Å²) in [6.45, 7) is 0.514. The first kappa shape index (κ1) is 16.5. The van der Waals surface area contributed by atoms with Gasteiger partial charge in [-0.1, -0.05) is 18.2 Å². The molecule has 1 fully saturated rings. The summed E-state index contributed by atoms with van der Waals surface area (Å²) in [5.74, 6) is 0.176. The molecule has 1 aliphatic rings. The van der Waals surface area contributed by atoms with Crippen LogP contribution in [0, 0.1) is 5.92 Å². The van der Waals surface area contributed by atoms with Gasteiger partial charge in [0, 0.05) is 30.9 Å². The number of para-hydroxylation sites is 1. The van der Waals surface area contributed by atoms with Crippen LogP contribution in [0.3, 0.4) is 0 Å². The van der Waals surface area contributed by atoms with Gasteiger partial charge >= 0.3 is 0 Å². The Morgan fingerprint density at radius 1 is 1.32 bits per heavy atom. The van der Waals surface area contributed by atoms with Gasteiger partial charge in [0.25, 0.3) is 0 Å². The minimum atomic E-state index is 0. The Morgan fingerprint density at radius 2 is 2.14 bits per heavy atom. The lowest BCUT2D eigenvalue weighted by molar-refractivity contribution is -0.125. The SMILES string of the molecule is Cl.NC1CCC(C(=O)NCc2ccccc2-n2cccn2)C1. The summed E-state index contributed by atoms with van der Waals surface area (Å²) in [7, 11) is 0. The maximum Gasteiger partial charge on any atom is 0.223 e. The van der Waals surface area contributed by atoms with E-state index in [4.69, 9.17) is 5.73 Å². The normalized spacial score (nSPS) is 20.4. The van der Waals surface area contributed by atoms with Gasteiger partial charge in [0.05, 0.1) is 5.69 Å². The molecule has 1 heterocycles. The largest absolute Gasteiger partial charge is 0.352 e. The van der Waals surface area contributed by atoms with Crippen molar-refractivity contribution in [3.8, 4) is 5.69 Å². The molecule has 22 heavy (non-hydrogen) atoms. The van der Waals surface area contributed by atoms with Crippen LogP contribution in [0.1, 0.15) is 24.8 Å². The van der Waals surface area contributed by atoms with E-state index in [1.807, 2.05) is 41.2 Å². The second-order valence-corrected chi connectivity index (χ2v) is 5.57. The Hall–Kier alpha value is -1.85. The third-order valence-corrected chi connectivity index (χ3v) is 4.04. The minimum Gasteiger partial charge on any atom is -0.352 e. The van der Waals surface area contributed by atoms with E-state index in [-0.39, 0.29) is 30.3 Å². The lowest BCUT2D eigenvalue weighted by atomic mass is 10.1. The maximum atomic E-state index is 12.2. The summed E-state index contributed by atoms with van der Waals surface area (Å²) in [5.41, 5.74) is 7.91. The molecule has 1 aromatic carbocycles. The molecular weight excluding hydrogens is 300 g/mol. The number of halogens is 1. The molecule has 1 amide bonds. The van der Waals surface area contributed by atoms with E-state index in [0.29, 0.717) is 6.54 Å². The zero-order chi connectivity index (χ0) is 14.7. The molecule has 6 heteroatoms. The van der Waals surface area contributed by atoms with E-state index in [9.17, 15) is 4.79 Å². The molecule has 1 aliphatic carbocycles. The predicted octanol–water partition coefficient (Wildman–Crippen LogP) is 2.04. The number of nitrogens with zero attached hydrogens (tertiary/aromatic N) is 2. The lowest BCUT2D eigenvalue weighted by Gasteiger charge is -2.13. The molecule has 0 radical (unpaired) electrons. The quantitative estimate of drug-likeness (QED) is 0.905. The third-order valence-electron chi connectivity index (χ3n) is 4.04. The Bertz CT molecular complexity index is 614. The summed E-state index contributed by atoms with van der Waals surface area (Å²) < 4.78 is 1.81. The highest BCUT2D eigenvalue weighted by atomic mass is 35.5. The number of hydrogen-bond acceptors (Lipinski definition) is 3. The Kier molecular flexibility index (Phi) is 5.57. The zero-order valence-corrected chi connectivity index (χ0v) is 13.1. The maximum absolute atomic E-state index is 12.2. The van der Waals surface area contributed by atoms with Crippen molar-refractivity contribution in [3.63, 3.8) is 0 Å². The van der Waals surface area contributed by atoms with Crippen molar-refractivity contribution in [1.82, 2.24) is 15.1 Å². The second-order valence-electron chi connectivity index (χ2n) is 5.57. The molecule has 2 aromatic rings. The van der Waals surface area contributed by atoms with Gasteiger partial charge in [0.15, 0.2) is 0 Å². The van der Waals surface area contributed by atoms with E-state index < -0.39 is 0 Å². The number of carbonyl (C=O) groups excluding carboxylic acids is 1. The number of nitrogens with one attached hydrogen (secondary N) is 1. The molecule has 0 bridgehead atoms. The molecule has 1 saturated carbocycles. The fourth-order valence-electron chi connectivity index (χ4n) is 2.88. The highest BCUT2D eigenvalue weighted by molar-refractivity contribution is 5.85. The van der Waals surface area contributed by atoms with Crippen molar-refractivity contribution >= 4 is 18.3 Å². The lowest BCUT2D eigenvalue weighted by Crippen LogP contribution is -2.30. The number of amides is 1. The van der Waals surface area contributed by atoms with Crippen molar-refractivity contribution < 1.29 is 4.79 Å². The van der Waals surface area contributed by atoms with Crippen LogP contribution >= 0.6 is 12.4 Å². The van der Waals surface area contributed by atoms with Gasteiger partial charge in [-0.05, 0) is 37.0 Å². The van der Waals surface area contributed by atoms with E-state index in [1.165, 1.54) is 0 Å². The van der Waals surface area contributed by atoms with Crippen LogP contribution in [-0.4, -0.2) is 21.7 Å². The van der Waals surface area contributed by atoms with Crippen molar-refractivity contribution in [2.45, 2.75) is 31.8 Å². The average molecular weight is 321 g/mol. The molecule has 2 unspecified atom stereocenters. The minimum absolute atomic E-state index is 0. The highest BCUT2D eigenvalue weighted by Crippen LogP contribution is 2.24. The van der Waals surface area contributed by atoms with Crippen molar-refractivity contribution in [1.29, 1.82) is 0 Å². The summed E-state index contributed by atoms with van der Waals surface area (Å²) >= 11 is 0. The monoisotopic (exact) mass is 320 g/mol. The first-order chi connectivity index (χ1) is 10.2. The van der Waals surface area contributed by atoms with Crippen LogP contribution in [0.15, 0.2) is 42.7 Å².